The van der Waals surface area contributed by atoms with E-state index in [1.54, 1.807) is 6.92 Å². The van der Waals surface area contributed by atoms with Crippen molar-refractivity contribution in [2.45, 2.75) is 18.9 Å². The Hall–Kier alpha value is -3.09. The van der Waals surface area contributed by atoms with Gasteiger partial charge in [0.25, 0.3) is 0 Å². The molecule has 0 aliphatic carbocycles. The molecule has 0 aliphatic rings. The summed E-state index contributed by atoms with van der Waals surface area (Å²) in [5, 5.41) is 11.8. The van der Waals surface area contributed by atoms with Crippen molar-refractivity contribution in [3.8, 4) is 0 Å². The summed E-state index contributed by atoms with van der Waals surface area (Å²) in [6.45, 7) is 1.73. The monoisotopic (exact) mass is 385 g/mol. The number of hydrogen-bond donors (Lipinski definition) is 0. The molecule has 1 atom stereocenters. The van der Waals surface area contributed by atoms with Crippen LogP contribution in [0.1, 0.15) is 24.0 Å². The molecule has 0 saturated carbocycles. The zero-order valence-corrected chi connectivity index (χ0v) is 17.0. The molecule has 0 saturated heterocycles. The second-order valence-electron chi connectivity index (χ2n) is 6.93. The first-order valence-electron chi connectivity index (χ1n) is 9.11. The molecule has 2 aromatic carbocycles. The van der Waals surface area contributed by atoms with Crippen molar-refractivity contribution in [2.75, 3.05) is 44.6 Å². The summed E-state index contributed by atoms with van der Waals surface area (Å²) in [6.07, 6.45) is 0. The molecule has 0 N–H and O–H groups in total. The van der Waals surface area contributed by atoms with E-state index in [9.17, 15) is 14.9 Å². The molecule has 7 nitrogen and oxygen atoms in total. The standard InChI is InChI=1S/C21H27N3O4/c1-6-28-21(25)20(24(26)27)19(15-7-11-17(12-8-15)22(2)3)16-9-13-18(14-10-16)23(4)5/h7-14,19-20H,6H2,1-5H3. The fraction of sp³-hybridized carbons (Fsp3) is 0.381. The van der Waals surface area contributed by atoms with E-state index < -0.39 is 22.9 Å². The fourth-order valence-electron chi connectivity index (χ4n) is 3.09. The number of anilines is 2. The van der Waals surface area contributed by atoms with Gasteiger partial charge in [-0.15, -0.1) is 0 Å². The number of hydrogen-bond acceptors (Lipinski definition) is 6. The SMILES string of the molecule is CCOC(=O)C(C(c1ccc(N(C)C)cc1)c1ccc(N(C)C)cc1)[N+](=O)[O-]. The van der Waals surface area contributed by atoms with Gasteiger partial charge in [-0.3, -0.25) is 10.1 Å². The van der Waals surface area contributed by atoms with Crippen molar-refractivity contribution in [1.82, 2.24) is 0 Å². The minimum Gasteiger partial charge on any atom is -0.461 e. The molecule has 7 heteroatoms. The van der Waals surface area contributed by atoms with Gasteiger partial charge in [0.05, 0.1) is 12.5 Å². The van der Waals surface area contributed by atoms with Crippen LogP contribution < -0.4 is 9.80 Å². The second kappa shape index (κ2) is 9.21. The predicted molar refractivity (Wildman–Crippen MR) is 111 cm³/mol. The summed E-state index contributed by atoms with van der Waals surface area (Å²) in [7, 11) is 7.69. The summed E-state index contributed by atoms with van der Waals surface area (Å²) in [5.41, 5.74) is 3.33. The Morgan fingerprint density at radius 3 is 1.61 bits per heavy atom. The quantitative estimate of drug-likeness (QED) is 0.395. The first kappa shape index (κ1) is 21.2. The number of carbonyl (C=O) groups excluding carboxylic acids is 1. The first-order chi connectivity index (χ1) is 13.3. The lowest BCUT2D eigenvalue weighted by Crippen LogP contribution is -2.37. The molecule has 28 heavy (non-hydrogen) atoms. The van der Waals surface area contributed by atoms with E-state index in [0.717, 1.165) is 11.4 Å². The lowest BCUT2D eigenvalue weighted by molar-refractivity contribution is -0.513. The molecule has 0 aliphatic heterocycles. The van der Waals surface area contributed by atoms with Gasteiger partial charge in [-0.25, -0.2) is 4.79 Å². The van der Waals surface area contributed by atoms with Crippen molar-refractivity contribution in [2.24, 2.45) is 0 Å². The van der Waals surface area contributed by atoms with Gasteiger partial charge in [0.15, 0.2) is 0 Å². The van der Waals surface area contributed by atoms with E-state index >= 15 is 0 Å². The van der Waals surface area contributed by atoms with E-state index in [-0.39, 0.29) is 6.61 Å². The largest absolute Gasteiger partial charge is 0.461 e. The summed E-state index contributed by atoms with van der Waals surface area (Å²) in [6, 6.07) is 13.3. The predicted octanol–water partition coefficient (Wildman–Crippen LogP) is 3.16. The van der Waals surface area contributed by atoms with Crippen LogP contribution in [0, 0.1) is 10.1 Å². The van der Waals surface area contributed by atoms with Crippen LogP contribution in [-0.4, -0.2) is 51.7 Å². The molecule has 0 radical (unpaired) electrons. The fourth-order valence-corrected chi connectivity index (χ4v) is 3.09. The molecule has 2 aromatic rings. The maximum absolute atomic E-state index is 12.4. The van der Waals surface area contributed by atoms with Crippen LogP contribution in [0.4, 0.5) is 11.4 Å². The molecule has 1 unspecified atom stereocenters. The zero-order valence-electron chi connectivity index (χ0n) is 17.0. The van der Waals surface area contributed by atoms with Crippen LogP contribution in [-0.2, 0) is 9.53 Å². The molecule has 0 fully saturated rings. The third-order valence-electron chi connectivity index (χ3n) is 4.61. The lowest BCUT2D eigenvalue weighted by atomic mass is 9.85. The van der Waals surface area contributed by atoms with Gasteiger partial charge in [0, 0.05) is 44.5 Å². The minimum absolute atomic E-state index is 0.0923. The van der Waals surface area contributed by atoms with E-state index in [0.29, 0.717) is 11.1 Å². The first-order valence-corrected chi connectivity index (χ1v) is 9.11. The third-order valence-corrected chi connectivity index (χ3v) is 4.61. The van der Waals surface area contributed by atoms with Crippen LogP contribution in [0.2, 0.25) is 0 Å². The van der Waals surface area contributed by atoms with Gasteiger partial charge in [0.2, 0.25) is 0 Å². The Balaban J connectivity index is 2.55. The second-order valence-corrected chi connectivity index (χ2v) is 6.93. The van der Waals surface area contributed by atoms with Gasteiger partial charge >= 0.3 is 12.0 Å². The Labute approximate surface area is 165 Å². The highest BCUT2D eigenvalue weighted by atomic mass is 16.6. The van der Waals surface area contributed by atoms with E-state index in [4.69, 9.17) is 4.74 Å². The average Bonchev–Trinajstić information content (AvgIpc) is 2.66. The maximum Gasteiger partial charge on any atom is 0.382 e. The normalized spacial score (nSPS) is 11.8. The molecule has 150 valence electrons. The van der Waals surface area contributed by atoms with Crippen molar-refractivity contribution in [3.63, 3.8) is 0 Å². The summed E-state index contributed by atoms with van der Waals surface area (Å²) in [4.78, 5) is 27.6. The highest BCUT2D eigenvalue weighted by Crippen LogP contribution is 2.32. The van der Waals surface area contributed by atoms with E-state index in [1.165, 1.54) is 0 Å². The van der Waals surface area contributed by atoms with Crippen molar-refractivity contribution < 1.29 is 14.5 Å². The van der Waals surface area contributed by atoms with Gasteiger partial charge < -0.3 is 14.5 Å². The number of carbonyl (C=O) groups is 1. The van der Waals surface area contributed by atoms with Crippen LogP contribution in [0.15, 0.2) is 48.5 Å². The van der Waals surface area contributed by atoms with Crippen LogP contribution in [0.25, 0.3) is 0 Å². The van der Waals surface area contributed by atoms with Crippen molar-refractivity contribution in [3.05, 3.63) is 69.8 Å². The smallest absolute Gasteiger partial charge is 0.382 e. The Morgan fingerprint density at radius 1 is 0.929 bits per heavy atom. The van der Waals surface area contributed by atoms with Crippen molar-refractivity contribution >= 4 is 17.3 Å². The van der Waals surface area contributed by atoms with Gasteiger partial charge in [-0.2, -0.15) is 0 Å². The Bertz CT molecular complexity index is 750. The van der Waals surface area contributed by atoms with E-state index in [1.807, 2.05) is 86.5 Å². The van der Waals surface area contributed by atoms with E-state index in [2.05, 4.69) is 0 Å². The molecular weight excluding hydrogens is 358 g/mol. The summed E-state index contributed by atoms with van der Waals surface area (Å²) < 4.78 is 5.02. The Kier molecular flexibility index (Phi) is 6.98. The van der Waals surface area contributed by atoms with Gasteiger partial charge in [-0.1, -0.05) is 24.3 Å². The molecule has 0 heterocycles. The number of ether oxygens (including phenoxy) is 1. The van der Waals surface area contributed by atoms with Crippen LogP contribution in [0.5, 0.6) is 0 Å². The van der Waals surface area contributed by atoms with Crippen LogP contribution >= 0.6 is 0 Å². The topological polar surface area (TPSA) is 75.9 Å². The van der Waals surface area contributed by atoms with Gasteiger partial charge in [0.1, 0.15) is 0 Å². The lowest BCUT2D eigenvalue weighted by Gasteiger charge is -2.22. The highest BCUT2D eigenvalue weighted by molar-refractivity contribution is 5.77. The minimum atomic E-state index is -1.52. The summed E-state index contributed by atoms with van der Waals surface area (Å²) >= 11 is 0. The summed E-state index contributed by atoms with van der Waals surface area (Å²) in [5.74, 6) is -1.58. The number of benzene rings is 2. The zero-order chi connectivity index (χ0) is 20.8. The molecule has 2 rings (SSSR count). The van der Waals surface area contributed by atoms with Crippen LogP contribution in [0.3, 0.4) is 0 Å². The Morgan fingerprint density at radius 2 is 1.32 bits per heavy atom. The van der Waals surface area contributed by atoms with Gasteiger partial charge in [-0.05, 0) is 42.3 Å². The number of nitro groups is 1. The molecule has 0 bridgehead atoms. The molecule has 0 aromatic heterocycles. The third kappa shape index (κ3) is 4.79. The van der Waals surface area contributed by atoms with Crippen molar-refractivity contribution in [1.29, 1.82) is 0 Å². The average molecular weight is 385 g/mol. The highest BCUT2D eigenvalue weighted by Gasteiger charge is 2.42. The molecular formula is C21H27N3O4. The molecule has 0 spiro atoms. The number of nitrogens with zero attached hydrogens (tertiary/aromatic N) is 3. The number of esters is 1. The molecule has 0 amide bonds. The number of rotatable bonds is 8. The maximum atomic E-state index is 12.4.